The van der Waals surface area contributed by atoms with Gasteiger partial charge < -0.3 is 5.32 Å². The van der Waals surface area contributed by atoms with E-state index in [1.165, 1.54) is 0 Å². The number of nitrogens with one attached hydrogen (secondary N) is 1. The highest BCUT2D eigenvalue weighted by molar-refractivity contribution is 5.75. The molecule has 1 aliphatic heterocycles. The van der Waals surface area contributed by atoms with Crippen molar-refractivity contribution in [3.05, 3.63) is 0 Å². The van der Waals surface area contributed by atoms with E-state index in [2.05, 4.69) is 24.1 Å². The van der Waals surface area contributed by atoms with Gasteiger partial charge in [-0.05, 0) is 26.8 Å². The summed E-state index contributed by atoms with van der Waals surface area (Å²) in [5.41, 5.74) is 0. The van der Waals surface area contributed by atoms with E-state index in [0.717, 1.165) is 26.1 Å². The summed E-state index contributed by atoms with van der Waals surface area (Å²) >= 11 is 0. The Bertz CT molecular complexity index is 145. The van der Waals surface area contributed by atoms with E-state index >= 15 is 0 Å². The van der Waals surface area contributed by atoms with Gasteiger partial charge in [-0.2, -0.15) is 0 Å². The van der Waals surface area contributed by atoms with E-state index in [1.54, 1.807) is 0 Å². The molecule has 1 rings (SSSR count). The molecule has 0 saturated carbocycles. The predicted molar refractivity (Wildman–Crippen MR) is 49.0 cm³/mol. The van der Waals surface area contributed by atoms with Crippen molar-refractivity contribution < 1.29 is 4.79 Å². The Morgan fingerprint density at radius 3 is 2.83 bits per heavy atom. The Balaban J connectivity index is 2.35. The van der Waals surface area contributed by atoms with Gasteiger partial charge in [0, 0.05) is 25.6 Å². The summed E-state index contributed by atoms with van der Waals surface area (Å²) in [4.78, 5) is 13.4. The molecule has 0 aromatic heterocycles. The molecule has 1 fully saturated rings. The van der Waals surface area contributed by atoms with Crippen LogP contribution in [0.1, 0.15) is 26.7 Å². The maximum atomic E-state index is 11.0. The number of carbonyl (C=O) groups excluding carboxylic acids is 1. The van der Waals surface area contributed by atoms with Crippen LogP contribution in [0.5, 0.6) is 0 Å². The van der Waals surface area contributed by atoms with Gasteiger partial charge in [-0.1, -0.05) is 0 Å². The summed E-state index contributed by atoms with van der Waals surface area (Å²) in [6.45, 7) is 7.25. The quantitative estimate of drug-likeness (QED) is 0.625. The summed E-state index contributed by atoms with van der Waals surface area (Å²) in [5, 5.41) is 2.89. The first-order chi connectivity index (χ1) is 5.70. The third-order valence-electron chi connectivity index (χ3n) is 2.30. The fraction of sp³-hybridized carbons (Fsp3) is 0.889. The van der Waals surface area contributed by atoms with Gasteiger partial charge in [0.25, 0.3) is 0 Å². The second-order valence-corrected chi connectivity index (χ2v) is 3.58. The van der Waals surface area contributed by atoms with E-state index in [4.69, 9.17) is 0 Å². The zero-order valence-corrected chi connectivity index (χ0v) is 7.97. The molecule has 3 heteroatoms. The van der Waals surface area contributed by atoms with Gasteiger partial charge in [0.1, 0.15) is 0 Å². The monoisotopic (exact) mass is 170 g/mol. The summed E-state index contributed by atoms with van der Waals surface area (Å²) < 4.78 is 0. The normalized spacial score (nSPS) is 21.8. The van der Waals surface area contributed by atoms with Gasteiger partial charge in [-0.25, -0.2) is 0 Å². The Kier molecular flexibility index (Phi) is 3.53. The average Bonchev–Trinajstić information content (AvgIpc) is 1.95. The molecular weight excluding hydrogens is 152 g/mol. The number of carbonyl (C=O) groups is 1. The Morgan fingerprint density at radius 2 is 2.17 bits per heavy atom. The maximum Gasteiger partial charge on any atom is 0.220 e. The Hall–Kier alpha value is -0.570. The second-order valence-electron chi connectivity index (χ2n) is 3.58. The van der Waals surface area contributed by atoms with Crippen molar-refractivity contribution >= 4 is 5.91 Å². The van der Waals surface area contributed by atoms with E-state index in [1.807, 2.05) is 0 Å². The Morgan fingerprint density at radius 1 is 1.42 bits per heavy atom. The van der Waals surface area contributed by atoms with Crippen LogP contribution in [-0.2, 0) is 4.79 Å². The van der Waals surface area contributed by atoms with Crippen LogP contribution in [0.3, 0.4) is 0 Å². The molecule has 1 heterocycles. The number of amides is 1. The van der Waals surface area contributed by atoms with Crippen LogP contribution in [0.25, 0.3) is 0 Å². The minimum absolute atomic E-state index is 0.207. The van der Waals surface area contributed by atoms with Crippen molar-refractivity contribution in [2.24, 2.45) is 0 Å². The molecule has 0 radical (unpaired) electrons. The first-order valence-corrected chi connectivity index (χ1v) is 4.71. The fourth-order valence-electron chi connectivity index (χ4n) is 1.50. The topological polar surface area (TPSA) is 32.3 Å². The van der Waals surface area contributed by atoms with Crippen molar-refractivity contribution in [1.29, 1.82) is 0 Å². The van der Waals surface area contributed by atoms with Crippen molar-refractivity contribution in [1.82, 2.24) is 10.2 Å². The lowest BCUT2D eigenvalue weighted by Crippen LogP contribution is -2.41. The van der Waals surface area contributed by atoms with E-state index in [0.29, 0.717) is 12.5 Å². The average molecular weight is 170 g/mol. The van der Waals surface area contributed by atoms with Gasteiger partial charge in [0.15, 0.2) is 0 Å². The number of rotatable bonds is 1. The second kappa shape index (κ2) is 4.45. The third-order valence-corrected chi connectivity index (χ3v) is 2.30. The van der Waals surface area contributed by atoms with Crippen molar-refractivity contribution in [2.45, 2.75) is 32.7 Å². The largest absolute Gasteiger partial charge is 0.355 e. The minimum atomic E-state index is 0.207. The zero-order chi connectivity index (χ0) is 8.97. The Labute approximate surface area is 74.1 Å². The number of hydrogen-bond donors (Lipinski definition) is 1. The van der Waals surface area contributed by atoms with Crippen LogP contribution in [0.4, 0.5) is 0 Å². The lowest BCUT2D eigenvalue weighted by atomic mass is 10.2. The molecule has 0 aromatic carbocycles. The fourth-order valence-corrected chi connectivity index (χ4v) is 1.50. The van der Waals surface area contributed by atoms with Gasteiger partial charge in [0.05, 0.1) is 0 Å². The molecule has 0 aromatic rings. The van der Waals surface area contributed by atoms with Crippen molar-refractivity contribution in [3.8, 4) is 0 Å². The molecule has 70 valence electrons. The first kappa shape index (κ1) is 9.52. The maximum absolute atomic E-state index is 11.0. The summed E-state index contributed by atoms with van der Waals surface area (Å²) in [5.74, 6) is 0.207. The molecule has 1 aliphatic rings. The van der Waals surface area contributed by atoms with Gasteiger partial charge in [-0.3, -0.25) is 9.69 Å². The smallest absolute Gasteiger partial charge is 0.220 e. The lowest BCUT2D eigenvalue weighted by molar-refractivity contribution is -0.121. The highest BCUT2D eigenvalue weighted by Gasteiger charge is 2.12. The van der Waals surface area contributed by atoms with Crippen LogP contribution in [0.2, 0.25) is 0 Å². The lowest BCUT2D eigenvalue weighted by Gasteiger charge is -2.28. The van der Waals surface area contributed by atoms with Gasteiger partial charge >= 0.3 is 0 Å². The van der Waals surface area contributed by atoms with Crippen LogP contribution < -0.4 is 5.32 Å². The molecule has 3 nitrogen and oxygen atoms in total. The van der Waals surface area contributed by atoms with Crippen LogP contribution >= 0.6 is 0 Å². The molecule has 0 unspecified atom stereocenters. The molecule has 0 aliphatic carbocycles. The van der Waals surface area contributed by atoms with Crippen molar-refractivity contribution in [3.63, 3.8) is 0 Å². The summed E-state index contributed by atoms with van der Waals surface area (Å²) in [6.07, 6.45) is 1.67. The zero-order valence-electron chi connectivity index (χ0n) is 7.97. The predicted octanol–water partition coefficient (Wildman–Crippen LogP) is 0.607. The SMILES string of the molecule is CC(C)N1CCCC(=O)NCC1. The van der Waals surface area contributed by atoms with E-state index in [9.17, 15) is 4.79 Å². The minimum Gasteiger partial charge on any atom is -0.355 e. The van der Waals surface area contributed by atoms with Crippen LogP contribution in [-0.4, -0.2) is 36.5 Å². The van der Waals surface area contributed by atoms with Crippen molar-refractivity contribution in [2.75, 3.05) is 19.6 Å². The number of hydrogen-bond acceptors (Lipinski definition) is 2. The van der Waals surface area contributed by atoms with Gasteiger partial charge in [-0.15, -0.1) is 0 Å². The van der Waals surface area contributed by atoms with Crippen LogP contribution in [0.15, 0.2) is 0 Å². The molecule has 1 saturated heterocycles. The standard InChI is InChI=1S/C9H18N2O/c1-8(2)11-6-3-4-9(12)10-5-7-11/h8H,3-7H2,1-2H3,(H,10,12). The van der Waals surface area contributed by atoms with E-state index < -0.39 is 0 Å². The molecule has 1 N–H and O–H groups in total. The molecular formula is C9H18N2O. The van der Waals surface area contributed by atoms with Crippen LogP contribution in [0, 0.1) is 0 Å². The molecule has 0 spiro atoms. The van der Waals surface area contributed by atoms with E-state index in [-0.39, 0.29) is 5.91 Å². The molecule has 12 heavy (non-hydrogen) atoms. The molecule has 1 amide bonds. The molecule has 0 atom stereocenters. The first-order valence-electron chi connectivity index (χ1n) is 4.71. The highest BCUT2D eigenvalue weighted by Crippen LogP contribution is 2.03. The number of nitrogens with zero attached hydrogens (tertiary/aromatic N) is 1. The summed E-state index contributed by atoms with van der Waals surface area (Å²) in [7, 11) is 0. The molecule has 0 bridgehead atoms. The summed E-state index contributed by atoms with van der Waals surface area (Å²) in [6, 6.07) is 0.597. The van der Waals surface area contributed by atoms with Gasteiger partial charge in [0.2, 0.25) is 5.91 Å². The highest BCUT2D eigenvalue weighted by atomic mass is 16.1. The third kappa shape index (κ3) is 2.81.